The number of carbonyl (C=O) groups excluding carboxylic acids is 3. The van der Waals surface area contributed by atoms with Crippen LogP contribution in [0.3, 0.4) is 0 Å². The summed E-state index contributed by atoms with van der Waals surface area (Å²) in [6.07, 6.45) is 2.72. The number of esters is 3. The van der Waals surface area contributed by atoms with E-state index in [1.165, 1.54) is 0 Å². The summed E-state index contributed by atoms with van der Waals surface area (Å²) in [6, 6.07) is 0. The molecule has 0 spiro atoms. The van der Waals surface area contributed by atoms with Crippen molar-refractivity contribution in [2.45, 2.75) is 128 Å². The standard InChI is InChI=1S/C30H56O6/c1-21(16-28(4,5)6)13-25(31)34-19-24(36-27(33)15-23(3)18-30(10,11)12)20-35-26(32)14-22(2)17-29(7,8)9/h21-24H,13-20H2,1-12H3. The minimum atomic E-state index is -0.817. The van der Waals surface area contributed by atoms with Gasteiger partial charge in [-0.25, -0.2) is 0 Å². The van der Waals surface area contributed by atoms with Crippen LogP contribution in [0.15, 0.2) is 0 Å². The van der Waals surface area contributed by atoms with E-state index in [9.17, 15) is 14.4 Å². The molecule has 0 rings (SSSR count). The molecule has 0 fully saturated rings. The lowest BCUT2D eigenvalue weighted by molar-refractivity contribution is -0.168. The van der Waals surface area contributed by atoms with Gasteiger partial charge in [-0.05, 0) is 53.3 Å². The van der Waals surface area contributed by atoms with Crippen molar-refractivity contribution < 1.29 is 28.6 Å². The molecule has 0 aromatic carbocycles. The lowest BCUT2D eigenvalue weighted by atomic mass is 9.84. The van der Waals surface area contributed by atoms with Gasteiger partial charge in [0.2, 0.25) is 0 Å². The molecule has 3 unspecified atom stereocenters. The van der Waals surface area contributed by atoms with Gasteiger partial charge in [0.25, 0.3) is 0 Å². The number of ether oxygens (including phenoxy) is 3. The first-order chi connectivity index (χ1) is 16.1. The molecule has 3 atom stereocenters. The molecule has 0 aliphatic carbocycles. The molecule has 0 aromatic rings. The summed E-state index contributed by atoms with van der Waals surface area (Å²) in [4.78, 5) is 37.4. The van der Waals surface area contributed by atoms with E-state index < -0.39 is 6.10 Å². The van der Waals surface area contributed by atoms with Gasteiger partial charge < -0.3 is 14.2 Å². The lowest BCUT2D eigenvalue weighted by Gasteiger charge is -2.25. The third kappa shape index (κ3) is 20.6. The quantitative estimate of drug-likeness (QED) is 0.178. The normalized spacial score (nSPS) is 16.0. The molecule has 0 aliphatic heterocycles. The highest BCUT2D eigenvalue weighted by atomic mass is 16.6. The fourth-order valence-corrected chi connectivity index (χ4v) is 5.05. The van der Waals surface area contributed by atoms with E-state index >= 15 is 0 Å². The summed E-state index contributed by atoms with van der Waals surface area (Å²) >= 11 is 0. The maximum atomic E-state index is 12.6. The van der Waals surface area contributed by atoms with Crippen molar-refractivity contribution in [1.29, 1.82) is 0 Å². The molecule has 0 heterocycles. The van der Waals surface area contributed by atoms with E-state index in [4.69, 9.17) is 14.2 Å². The molecule has 36 heavy (non-hydrogen) atoms. The van der Waals surface area contributed by atoms with E-state index in [0.717, 1.165) is 19.3 Å². The highest BCUT2D eigenvalue weighted by molar-refractivity contribution is 5.71. The smallest absolute Gasteiger partial charge is 0.306 e. The Morgan fingerprint density at radius 3 is 1.08 bits per heavy atom. The van der Waals surface area contributed by atoms with Gasteiger partial charge in [-0.15, -0.1) is 0 Å². The van der Waals surface area contributed by atoms with E-state index in [2.05, 4.69) is 62.3 Å². The zero-order chi connectivity index (χ0) is 28.3. The molecule has 0 saturated heterocycles. The van der Waals surface area contributed by atoms with E-state index in [1.807, 2.05) is 20.8 Å². The zero-order valence-electron chi connectivity index (χ0n) is 25.4. The molecule has 0 radical (unpaired) electrons. The highest BCUT2D eigenvalue weighted by Crippen LogP contribution is 2.28. The van der Waals surface area contributed by atoms with Crippen LogP contribution in [0.1, 0.15) is 122 Å². The summed E-state index contributed by atoms with van der Waals surface area (Å²) in [5.74, 6) is -0.526. The Labute approximate surface area is 221 Å². The first-order valence-electron chi connectivity index (χ1n) is 13.7. The monoisotopic (exact) mass is 512 g/mol. The third-order valence-corrected chi connectivity index (χ3v) is 5.59. The topological polar surface area (TPSA) is 78.9 Å². The minimum Gasteiger partial charge on any atom is -0.462 e. The van der Waals surface area contributed by atoms with Crippen molar-refractivity contribution in [2.75, 3.05) is 13.2 Å². The van der Waals surface area contributed by atoms with Crippen molar-refractivity contribution >= 4 is 17.9 Å². The molecule has 0 aromatic heterocycles. The average Bonchev–Trinajstić information content (AvgIpc) is 2.58. The van der Waals surface area contributed by atoms with Crippen LogP contribution in [0, 0.1) is 34.0 Å². The Balaban J connectivity index is 4.99. The number of carbonyl (C=O) groups is 3. The second-order valence-corrected chi connectivity index (χ2v) is 14.7. The third-order valence-electron chi connectivity index (χ3n) is 5.59. The van der Waals surface area contributed by atoms with Gasteiger partial charge in [0.1, 0.15) is 13.2 Å². The second kappa shape index (κ2) is 15.0. The molecule has 0 saturated carbocycles. The van der Waals surface area contributed by atoms with E-state index in [-0.39, 0.29) is 71.5 Å². The molecule has 0 aliphatic rings. The summed E-state index contributed by atoms with van der Waals surface area (Å²) in [5.41, 5.74) is 0.358. The fraction of sp³-hybridized carbons (Fsp3) is 0.900. The molecular formula is C30H56O6. The van der Waals surface area contributed by atoms with Crippen LogP contribution in [0.25, 0.3) is 0 Å². The maximum Gasteiger partial charge on any atom is 0.306 e. The van der Waals surface area contributed by atoms with Gasteiger partial charge in [-0.1, -0.05) is 83.1 Å². The van der Waals surface area contributed by atoms with Gasteiger partial charge in [-0.3, -0.25) is 14.4 Å². The predicted octanol–water partition coefficient (Wildman–Crippen LogP) is 7.37. The van der Waals surface area contributed by atoms with Crippen LogP contribution in [0.5, 0.6) is 0 Å². The summed E-state index contributed by atoms with van der Waals surface area (Å²) in [7, 11) is 0. The summed E-state index contributed by atoms with van der Waals surface area (Å²) in [5, 5.41) is 0. The Hall–Kier alpha value is -1.59. The molecule has 6 nitrogen and oxygen atoms in total. The van der Waals surface area contributed by atoms with Crippen LogP contribution in [0.2, 0.25) is 0 Å². The Morgan fingerprint density at radius 2 is 0.806 bits per heavy atom. The summed E-state index contributed by atoms with van der Waals surface area (Å²) < 4.78 is 16.5. The first-order valence-corrected chi connectivity index (χ1v) is 13.7. The zero-order valence-corrected chi connectivity index (χ0v) is 25.4. The Bertz CT molecular complexity index is 637. The van der Waals surface area contributed by atoms with Crippen molar-refractivity contribution in [2.24, 2.45) is 34.0 Å². The van der Waals surface area contributed by atoms with Crippen molar-refractivity contribution in [3.63, 3.8) is 0 Å². The van der Waals surface area contributed by atoms with Crippen molar-refractivity contribution in [3.05, 3.63) is 0 Å². The average molecular weight is 513 g/mol. The van der Waals surface area contributed by atoms with Crippen molar-refractivity contribution in [3.8, 4) is 0 Å². The van der Waals surface area contributed by atoms with Crippen molar-refractivity contribution in [1.82, 2.24) is 0 Å². The Kier molecular flexibility index (Phi) is 14.3. The molecule has 0 amide bonds. The molecule has 0 N–H and O–H groups in total. The molecule has 0 bridgehead atoms. The number of hydrogen-bond acceptors (Lipinski definition) is 6. The fourth-order valence-electron chi connectivity index (χ4n) is 5.05. The van der Waals surface area contributed by atoms with Gasteiger partial charge in [-0.2, -0.15) is 0 Å². The summed E-state index contributed by atoms with van der Waals surface area (Å²) in [6.45, 7) is 25.1. The number of rotatable bonds is 14. The van der Waals surface area contributed by atoms with Gasteiger partial charge >= 0.3 is 17.9 Å². The van der Waals surface area contributed by atoms with E-state index in [0.29, 0.717) is 12.8 Å². The van der Waals surface area contributed by atoms with E-state index in [1.54, 1.807) is 0 Å². The largest absolute Gasteiger partial charge is 0.462 e. The van der Waals surface area contributed by atoms with Crippen LogP contribution < -0.4 is 0 Å². The van der Waals surface area contributed by atoms with Crippen LogP contribution in [-0.2, 0) is 28.6 Å². The first kappa shape index (κ1) is 34.4. The minimum absolute atomic E-state index is 0.109. The SMILES string of the molecule is CC(CC(=O)OCC(COC(=O)CC(C)CC(C)(C)C)OC(=O)CC(C)CC(C)(C)C)CC(C)(C)C. The maximum absolute atomic E-state index is 12.6. The van der Waals surface area contributed by atoms with Crippen LogP contribution in [-0.4, -0.2) is 37.2 Å². The molecular weight excluding hydrogens is 456 g/mol. The Morgan fingerprint density at radius 1 is 0.528 bits per heavy atom. The highest BCUT2D eigenvalue weighted by Gasteiger charge is 2.25. The lowest BCUT2D eigenvalue weighted by Crippen LogP contribution is -2.32. The van der Waals surface area contributed by atoms with Gasteiger partial charge in [0.05, 0.1) is 0 Å². The van der Waals surface area contributed by atoms with Crippen LogP contribution in [0.4, 0.5) is 0 Å². The number of hydrogen-bond donors (Lipinski definition) is 0. The predicted molar refractivity (Wildman–Crippen MR) is 145 cm³/mol. The van der Waals surface area contributed by atoms with Gasteiger partial charge in [0, 0.05) is 19.3 Å². The molecule has 6 heteroatoms. The van der Waals surface area contributed by atoms with Crippen LogP contribution >= 0.6 is 0 Å². The van der Waals surface area contributed by atoms with Gasteiger partial charge in [0.15, 0.2) is 6.10 Å². The molecule has 212 valence electrons. The second-order valence-electron chi connectivity index (χ2n) is 14.7.